The maximum atomic E-state index is 6.27. The van der Waals surface area contributed by atoms with Gasteiger partial charge in [0.25, 0.3) is 0 Å². The van der Waals surface area contributed by atoms with Crippen molar-refractivity contribution in [3.8, 4) is 0 Å². The first-order valence-electron chi connectivity index (χ1n) is 7.38. The minimum absolute atomic E-state index is 0.0224. The molecule has 0 spiro atoms. The smallest absolute Gasteiger partial charge is 0.0927 e. The molecule has 1 aromatic carbocycles. The normalized spacial score (nSPS) is 17.1. The van der Waals surface area contributed by atoms with E-state index in [1.807, 2.05) is 36.0 Å². The van der Waals surface area contributed by atoms with Crippen LogP contribution >= 0.6 is 22.9 Å². The Bertz CT molecular complexity index is 834. The van der Waals surface area contributed by atoms with Crippen molar-refractivity contribution in [2.75, 3.05) is 17.2 Å². The van der Waals surface area contributed by atoms with Gasteiger partial charge in [0.1, 0.15) is 0 Å². The molecular weight excluding hydrogens is 328 g/mol. The number of hydrogen-bond donors (Lipinski definition) is 1. The van der Waals surface area contributed by atoms with Gasteiger partial charge in [-0.1, -0.05) is 11.6 Å². The van der Waals surface area contributed by atoms with Crippen LogP contribution in [0.3, 0.4) is 0 Å². The lowest BCUT2D eigenvalue weighted by atomic mass is 9.95. The summed E-state index contributed by atoms with van der Waals surface area (Å²) in [5.74, 6) is 0. The number of nitrogen functional groups attached to an aromatic ring is 1. The Hall–Kier alpha value is -2.11. The predicted octanol–water partition coefficient (Wildman–Crippen LogP) is 3.93. The average Bonchev–Trinajstić information content (AvgIpc) is 3.06. The largest absolute Gasteiger partial charge is 0.398 e. The number of nitrogens with two attached hydrogens (primary N) is 1. The number of anilines is 2. The molecule has 0 bridgehead atoms. The molecule has 23 heavy (non-hydrogen) atoms. The first-order chi connectivity index (χ1) is 11.2. The van der Waals surface area contributed by atoms with Gasteiger partial charge in [-0.15, -0.1) is 11.3 Å². The molecule has 1 aliphatic heterocycles. The zero-order valence-electron chi connectivity index (χ0n) is 12.3. The van der Waals surface area contributed by atoms with Crippen molar-refractivity contribution in [1.82, 2.24) is 9.97 Å². The standard InChI is InChI=1S/C17H15ClN4S/c18-11-3-4-14(19)13(8-11)16-17-15(21-10-23-17)5-7-22(16)12-2-1-6-20-9-12/h1-4,6,8-10,16H,5,7,19H2. The third kappa shape index (κ3) is 2.56. The summed E-state index contributed by atoms with van der Waals surface area (Å²) >= 11 is 7.90. The Morgan fingerprint density at radius 3 is 3.04 bits per heavy atom. The van der Waals surface area contributed by atoms with Gasteiger partial charge in [-0.05, 0) is 30.3 Å². The fourth-order valence-corrected chi connectivity index (χ4v) is 4.23. The summed E-state index contributed by atoms with van der Waals surface area (Å²) in [5.41, 5.74) is 12.2. The van der Waals surface area contributed by atoms with Gasteiger partial charge in [0.05, 0.1) is 34.0 Å². The molecule has 4 nitrogen and oxygen atoms in total. The van der Waals surface area contributed by atoms with Crippen LogP contribution in [0.1, 0.15) is 22.2 Å². The first-order valence-corrected chi connectivity index (χ1v) is 8.63. The lowest BCUT2D eigenvalue weighted by Gasteiger charge is -2.37. The van der Waals surface area contributed by atoms with E-state index in [-0.39, 0.29) is 6.04 Å². The zero-order valence-corrected chi connectivity index (χ0v) is 13.9. The number of aromatic nitrogens is 2. The van der Waals surface area contributed by atoms with Crippen molar-refractivity contribution in [2.24, 2.45) is 0 Å². The molecule has 0 saturated carbocycles. The second kappa shape index (κ2) is 5.83. The molecule has 0 saturated heterocycles. The Kier molecular flexibility index (Phi) is 3.67. The van der Waals surface area contributed by atoms with Gasteiger partial charge in [-0.25, -0.2) is 4.98 Å². The summed E-state index contributed by atoms with van der Waals surface area (Å²) in [4.78, 5) is 12.3. The fraction of sp³-hybridized carbons (Fsp3) is 0.176. The first kappa shape index (κ1) is 14.5. The van der Waals surface area contributed by atoms with Crippen molar-refractivity contribution in [3.63, 3.8) is 0 Å². The third-order valence-corrected chi connectivity index (χ3v) is 5.30. The molecule has 3 aromatic rings. The van der Waals surface area contributed by atoms with E-state index < -0.39 is 0 Å². The summed E-state index contributed by atoms with van der Waals surface area (Å²) in [6.45, 7) is 0.874. The summed E-state index contributed by atoms with van der Waals surface area (Å²) in [5, 5.41) is 0.692. The number of nitrogens with zero attached hydrogens (tertiary/aromatic N) is 3. The van der Waals surface area contributed by atoms with Gasteiger partial charge in [-0.3, -0.25) is 4.98 Å². The Balaban J connectivity index is 1.89. The SMILES string of the molecule is Nc1ccc(Cl)cc1C1c2scnc2CCN1c1cccnc1. The molecule has 4 rings (SSSR count). The van der Waals surface area contributed by atoms with Crippen molar-refractivity contribution >= 4 is 34.3 Å². The Morgan fingerprint density at radius 1 is 1.30 bits per heavy atom. The van der Waals surface area contributed by atoms with Crippen LogP contribution in [0, 0.1) is 0 Å². The molecule has 1 unspecified atom stereocenters. The minimum atomic E-state index is 0.0224. The maximum Gasteiger partial charge on any atom is 0.0927 e. The van der Waals surface area contributed by atoms with E-state index in [2.05, 4.69) is 20.9 Å². The van der Waals surface area contributed by atoms with Crippen LogP contribution in [0.2, 0.25) is 5.02 Å². The van der Waals surface area contributed by atoms with Gasteiger partial charge >= 0.3 is 0 Å². The summed E-state index contributed by atoms with van der Waals surface area (Å²) in [6.07, 6.45) is 4.60. The highest BCUT2D eigenvalue weighted by atomic mass is 35.5. The van der Waals surface area contributed by atoms with Crippen molar-refractivity contribution in [3.05, 3.63) is 69.4 Å². The summed E-state index contributed by atoms with van der Waals surface area (Å²) < 4.78 is 0. The lowest BCUT2D eigenvalue weighted by molar-refractivity contribution is 0.655. The van der Waals surface area contributed by atoms with Crippen LogP contribution in [0.25, 0.3) is 0 Å². The number of rotatable bonds is 2. The maximum absolute atomic E-state index is 6.27. The van der Waals surface area contributed by atoms with Gasteiger partial charge in [0, 0.05) is 35.4 Å². The highest BCUT2D eigenvalue weighted by Crippen LogP contribution is 2.42. The van der Waals surface area contributed by atoms with Crippen LogP contribution in [0.4, 0.5) is 11.4 Å². The molecule has 0 aliphatic carbocycles. The summed E-state index contributed by atoms with van der Waals surface area (Å²) in [7, 11) is 0. The van der Waals surface area contributed by atoms with E-state index in [1.54, 1.807) is 17.5 Å². The van der Waals surface area contributed by atoms with Crippen molar-refractivity contribution in [2.45, 2.75) is 12.5 Å². The fourth-order valence-electron chi connectivity index (χ4n) is 3.08. The zero-order chi connectivity index (χ0) is 15.8. The van der Waals surface area contributed by atoms with Gasteiger partial charge in [0.15, 0.2) is 0 Å². The van der Waals surface area contributed by atoms with E-state index in [9.17, 15) is 0 Å². The van der Waals surface area contributed by atoms with E-state index in [0.717, 1.165) is 35.6 Å². The van der Waals surface area contributed by atoms with Crippen LogP contribution in [-0.4, -0.2) is 16.5 Å². The number of hydrogen-bond acceptors (Lipinski definition) is 5. The van der Waals surface area contributed by atoms with E-state index >= 15 is 0 Å². The minimum Gasteiger partial charge on any atom is -0.398 e. The second-order valence-corrected chi connectivity index (χ2v) is 6.82. The van der Waals surface area contributed by atoms with Crippen molar-refractivity contribution in [1.29, 1.82) is 0 Å². The second-order valence-electron chi connectivity index (χ2n) is 5.49. The number of halogens is 1. The highest BCUT2D eigenvalue weighted by molar-refractivity contribution is 7.09. The number of benzene rings is 1. The molecule has 2 N–H and O–H groups in total. The quantitative estimate of drug-likeness (QED) is 0.717. The van der Waals surface area contributed by atoms with Crippen LogP contribution in [-0.2, 0) is 6.42 Å². The highest BCUT2D eigenvalue weighted by Gasteiger charge is 2.32. The van der Waals surface area contributed by atoms with E-state index in [4.69, 9.17) is 17.3 Å². The van der Waals surface area contributed by atoms with Crippen molar-refractivity contribution < 1.29 is 0 Å². The number of pyridine rings is 1. The molecule has 0 amide bonds. The average molecular weight is 343 g/mol. The number of fused-ring (bicyclic) bond motifs is 1. The Morgan fingerprint density at radius 2 is 2.22 bits per heavy atom. The van der Waals surface area contributed by atoms with Gasteiger partial charge in [-0.2, -0.15) is 0 Å². The number of thiazole rings is 1. The molecule has 1 aliphatic rings. The lowest BCUT2D eigenvalue weighted by Crippen LogP contribution is -2.36. The molecule has 0 radical (unpaired) electrons. The molecule has 6 heteroatoms. The molecule has 116 valence electrons. The topological polar surface area (TPSA) is 55.0 Å². The molecule has 0 fully saturated rings. The van der Waals surface area contributed by atoms with E-state index in [0.29, 0.717) is 5.02 Å². The predicted molar refractivity (Wildman–Crippen MR) is 95.1 cm³/mol. The Labute approximate surface area is 143 Å². The summed E-state index contributed by atoms with van der Waals surface area (Å²) in [6, 6.07) is 9.70. The van der Waals surface area contributed by atoms with Crippen LogP contribution in [0.5, 0.6) is 0 Å². The van der Waals surface area contributed by atoms with Crippen LogP contribution in [0.15, 0.2) is 48.2 Å². The molecule has 1 atom stereocenters. The molecular formula is C17H15ClN4S. The van der Waals surface area contributed by atoms with Crippen LogP contribution < -0.4 is 10.6 Å². The third-order valence-electron chi connectivity index (χ3n) is 4.14. The van der Waals surface area contributed by atoms with Gasteiger partial charge < -0.3 is 10.6 Å². The van der Waals surface area contributed by atoms with E-state index in [1.165, 1.54) is 4.88 Å². The van der Waals surface area contributed by atoms with Gasteiger partial charge in [0.2, 0.25) is 0 Å². The monoisotopic (exact) mass is 342 g/mol. The molecule has 3 heterocycles. The molecule has 2 aromatic heterocycles.